The highest BCUT2D eigenvalue weighted by molar-refractivity contribution is 5.76. The predicted molar refractivity (Wildman–Crippen MR) is 75.8 cm³/mol. The third kappa shape index (κ3) is 3.71. The fraction of sp³-hybridized carbons (Fsp3) is 0.429. The van der Waals surface area contributed by atoms with Crippen molar-refractivity contribution < 1.29 is 14.6 Å². The largest absolute Gasteiger partial charge is 0.494 e. The van der Waals surface area contributed by atoms with Gasteiger partial charge in [0, 0.05) is 12.6 Å². The van der Waals surface area contributed by atoms with E-state index in [1.165, 1.54) is 0 Å². The molecule has 0 aliphatic carbocycles. The van der Waals surface area contributed by atoms with E-state index in [9.17, 15) is 4.79 Å². The molecule has 2 N–H and O–H groups in total. The molecule has 1 heterocycles. The van der Waals surface area contributed by atoms with Gasteiger partial charge in [0.2, 0.25) is 0 Å². The minimum absolute atomic E-state index is 0.130. The average Bonchev–Trinajstić information content (AvgIpc) is 2.78. The van der Waals surface area contributed by atoms with E-state index in [0.717, 1.165) is 22.6 Å². The summed E-state index contributed by atoms with van der Waals surface area (Å²) in [6, 6.07) is 5.73. The Labute approximate surface area is 117 Å². The SMILES string of the molecule is CCOc1ccc2nc(CN(C)CCC(=O)O)[nH]c2c1. The quantitative estimate of drug-likeness (QED) is 0.807. The molecule has 0 bridgehead atoms. The van der Waals surface area contributed by atoms with Gasteiger partial charge in [-0.2, -0.15) is 0 Å². The second-order valence-electron chi connectivity index (χ2n) is 4.68. The maximum atomic E-state index is 10.5. The number of hydrogen-bond acceptors (Lipinski definition) is 4. The summed E-state index contributed by atoms with van der Waals surface area (Å²) in [5, 5.41) is 8.66. The molecule has 0 fully saturated rings. The van der Waals surface area contributed by atoms with Crippen molar-refractivity contribution in [2.24, 2.45) is 0 Å². The van der Waals surface area contributed by atoms with E-state index in [1.807, 2.05) is 37.1 Å². The number of benzene rings is 1. The van der Waals surface area contributed by atoms with Crippen LogP contribution in [0, 0.1) is 0 Å². The van der Waals surface area contributed by atoms with Crippen molar-refractivity contribution in [3.8, 4) is 5.75 Å². The number of aliphatic carboxylic acids is 1. The number of carboxylic acid groups (broad SMARTS) is 1. The lowest BCUT2D eigenvalue weighted by Crippen LogP contribution is -2.21. The summed E-state index contributed by atoms with van der Waals surface area (Å²) in [6.45, 7) is 3.66. The summed E-state index contributed by atoms with van der Waals surface area (Å²) >= 11 is 0. The molecular formula is C14H19N3O3. The van der Waals surface area contributed by atoms with Crippen LogP contribution in [0.15, 0.2) is 18.2 Å². The number of aromatic nitrogens is 2. The zero-order valence-corrected chi connectivity index (χ0v) is 11.7. The molecule has 1 aromatic carbocycles. The Balaban J connectivity index is 2.05. The summed E-state index contributed by atoms with van der Waals surface area (Å²) in [5.74, 6) is 0.846. The highest BCUT2D eigenvalue weighted by Crippen LogP contribution is 2.19. The van der Waals surface area contributed by atoms with Crippen LogP contribution in [0.3, 0.4) is 0 Å². The Morgan fingerprint density at radius 2 is 2.30 bits per heavy atom. The second kappa shape index (κ2) is 6.38. The molecule has 2 aromatic rings. The second-order valence-corrected chi connectivity index (χ2v) is 4.68. The number of nitrogens with one attached hydrogen (secondary N) is 1. The molecule has 6 nitrogen and oxygen atoms in total. The standard InChI is InChI=1S/C14H19N3O3/c1-3-20-10-4-5-11-12(8-10)16-13(15-11)9-17(2)7-6-14(18)19/h4-5,8H,3,6-7,9H2,1-2H3,(H,15,16)(H,18,19). The van der Waals surface area contributed by atoms with Crippen molar-refractivity contribution in [2.75, 3.05) is 20.2 Å². The highest BCUT2D eigenvalue weighted by atomic mass is 16.5. The molecular weight excluding hydrogens is 258 g/mol. The smallest absolute Gasteiger partial charge is 0.304 e. The Hall–Kier alpha value is -2.08. The Kier molecular flexibility index (Phi) is 4.57. The van der Waals surface area contributed by atoms with E-state index < -0.39 is 5.97 Å². The van der Waals surface area contributed by atoms with Gasteiger partial charge in [0.1, 0.15) is 11.6 Å². The van der Waals surface area contributed by atoms with Crippen molar-refractivity contribution in [2.45, 2.75) is 19.9 Å². The van der Waals surface area contributed by atoms with Crippen LogP contribution in [0.1, 0.15) is 19.2 Å². The molecule has 0 saturated carbocycles. The lowest BCUT2D eigenvalue weighted by molar-refractivity contribution is -0.137. The fourth-order valence-electron chi connectivity index (χ4n) is 1.99. The maximum absolute atomic E-state index is 10.5. The summed E-state index contributed by atoms with van der Waals surface area (Å²) < 4.78 is 5.45. The van der Waals surface area contributed by atoms with Gasteiger partial charge in [-0.1, -0.05) is 0 Å². The fourth-order valence-corrected chi connectivity index (χ4v) is 1.99. The summed E-state index contributed by atoms with van der Waals surface area (Å²) in [6.07, 6.45) is 0.130. The number of hydrogen-bond donors (Lipinski definition) is 2. The van der Waals surface area contributed by atoms with E-state index >= 15 is 0 Å². The van der Waals surface area contributed by atoms with Crippen LogP contribution in [-0.4, -0.2) is 46.1 Å². The van der Waals surface area contributed by atoms with E-state index in [0.29, 0.717) is 19.7 Å². The monoisotopic (exact) mass is 277 g/mol. The highest BCUT2D eigenvalue weighted by Gasteiger charge is 2.08. The van der Waals surface area contributed by atoms with Gasteiger partial charge in [-0.3, -0.25) is 9.69 Å². The minimum atomic E-state index is -0.789. The van der Waals surface area contributed by atoms with Crippen LogP contribution in [0.5, 0.6) is 5.75 Å². The van der Waals surface area contributed by atoms with Gasteiger partial charge in [0.25, 0.3) is 0 Å². The number of fused-ring (bicyclic) bond motifs is 1. The lowest BCUT2D eigenvalue weighted by atomic mass is 10.3. The number of imidazole rings is 1. The van der Waals surface area contributed by atoms with Crippen LogP contribution < -0.4 is 4.74 Å². The number of H-pyrrole nitrogens is 1. The van der Waals surface area contributed by atoms with E-state index in [1.54, 1.807) is 0 Å². The molecule has 6 heteroatoms. The molecule has 0 radical (unpaired) electrons. The molecule has 2 rings (SSSR count). The first-order valence-corrected chi connectivity index (χ1v) is 6.60. The Morgan fingerprint density at radius 3 is 3.00 bits per heavy atom. The van der Waals surface area contributed by atoms with Crippen molar-refractivity contribution in [1.82, 2.24) is 14.9 Å². The molecule has 0 amide bonds. The first-order chi connectivity index (χ1) is 9.58. The molecule has 20 heavy (non-hydrogen) atoms. The van der Waals surface area contributed by atoms with Crippen LogP contribution >= 0.6 is 0 Å². The number of aromatic amines is 1. The molecule has 0 aliphatic rings. The summed E-state index contributed by atoms with van der Waals surface area (Å²) in [7, 11) is 1.88. The first kappa shape index (κ1) is 14.3. The number of carbonyl (C=O) groups is 1. The van der Waals surface area contributed by atoms with Gasteiger partial charge < -0.3 is 14.8 Å². The van der Waals surface area contributed by atoms with E-state index in [2.05, 4.69) is 9.97 Å². The zero-order valence-electron chi connectivity index (χ0n) is 11.7. The van der Waals surface area contributed by atoms with Crippen molar-refractivity contribution in [3.05, 3.63) is 24.0 Å². The van der Waals surface area contributed by atoms with Crippen molar-refractivity contribution in [1.29, 1.82) is 0 Å². The Bertz CT molecular complexity index is 594. The van der Waals surface area contributed by atoms with E-state index in [4.69, 9.17) is 9.84 Å². The summed E-state index contributed by atoms with van der Waals surface area (Å²) in [5.41, 5.74) is 1.81. The number of ether oxygens (including phenoxy) is 1. The molecule has 108 valence electrons. The topological polar surface area (TPSA) is 78.4 Å². The molecule has 0 spiro atoms. The number of carboxylic acids is 1. The molecule has 0 unspecified atom stereocenters. The van der Waals surface area contributed by atoms with Crippen LogP contribution in [-0.2, 0) is 11.3 Å². The van der Waals surface area contributed by atoms with Crippen molar-refractivity contribution in [3.63, 3.8) is 0 Å². The van der Waals surface area contributed by atoms with Gasteiger partial charge in [0.15, 0.2) is 0 Å². The number of nitrogens with zero attached hydrogens (tertiary/aromatic N) is 2. The number of rotatable bonds is 7. The lowest BCUT2D eigenvalue weighted by Gasteiger charge is -2.12. The molecule has 0 saturated heterocycles. The van der Waals surface area contributed by atoms with Crippen molar-refractivity contribution >= 4 is 17.0 Å². The molecule has 0 aliphatic heterocycles. The van der Waals surface area contributed by atoms with Crippen LogP contribution in [0.2, 0.25) is 0 Å². The van der Waals surface area contributed by atoms with Gasteiger partial charge in [-0.05, 0) is 26.1 Å². The molecule has 0 atom stereocenters. The summed E-state index contributed by atoms with van der Waals surface area (Å²) in [4.78, 5) is 20.2. The zero-order chi connectivity index (χ0) is 14.5. The van der Waals surface area contributed by atoms with Crippen LogP contribution in [0.25, 0.3) is 11.0 Å². The molecule has 1 aromatic heterocycles. The van der Waals surface area contributed by atoms with E-state index in [-0.39, 0.29) is 6.42 Å². The predicted octanol–water partition coefficient (Wildman–Crippen LogP) is 1.87. The minimum Gasteiger partial charge on any atom is -0.494 e. The first-order valence-electron chi connectivity index (χ1n) is 6.60. The van der Waals surface area contributed by atoms with Gasteiger partial charge in [0.05, 0.1) is 30.6 Å². The van der Waals surface area contributed by atoms with Gasteiger partial charge >= 0.3 is 5.97 Å². The maximum Gasteiger partial charge on any atom is 0.304 e. The third-order valence-corrected chi connectivity index (χ3v) is 2.94. The third-order valence-electron chi connectivity index (χ3n) is 2.94. The normalized spacial score (nSPS) is 11.2. The average molecular weight is 277 g/mol. The van der Waals surface area contributed by atoms with Gasteiger partial charge in [-0.15, -0.1) is 0 Å². The Morgan fingerprint density at radius 1 is 1.50 bits per heavy atom. The van der Waals surface area contributed by atoms with Crippen LogP contribution in [0.4, 0.5) is 0 Å². The van der Waals surface area contributed by atoms with Gasteiger partial charge in [-0.25, -0.2) is 4.98 Å².